The minimum atomic E-state index is -3.93. The maximum atomic E-state index is 12.1. The Morgan fingerprint density at radius 1 is 1.35 bits per heavy atom. The van der Waals surface area contributed by atoms with Gasteiger partial charge in [0.25, 0.3) is 0 Å². The van der Waals surface area contributed by atoms with Crippen LogP contribution in [0.15, 0.2) is 4.99 Å². The van der Waals surface area contributed by atoms with Gasteiger partial charge in [0, 0.05) is 12.6 Å². The molecule has 0 atom stereocenters. The third-order valence-corrected chi connectivity index (χ3v) is 4.12. The number of anilines is 2. The third kappa shape index (κ3) is 6.98. The molecule has 1 heterocycles. The molecule has 146 valence electrons. The molecular formula is C13H23ClN8O3S. The van der Waals surface area contributed by atoms with Crippen molar-refractivity contribution in [1.82, 2.24) is 19.4 Å². The van der Waals surface area contributed by atoms with Crippen LogP contribution in [-0.4, -0.2) is 42.8 Å². The fourth-order valence-electron chi connectivity index (χ4n) is 1.69. The third-order valence-electron chi connectivity index (χ3n) is 2.79. The summed E-state index contributed by atoms with van der Waals surface area (Å²) in [7, 11) is -3.93. The zero-order valence-electron chi connectivity index (χ0n) is 14.7. The van der Waals surface area contributed by atoms with Crippen molar-refractivity contribution < 1.29 is 13.2 Å². The van der Waals surface area contributed by atoms with Crippen LogP contribution in [-0.2, 0) is 10.2 Å². The number of carbonyl (C=O) groups excluding carboxylic acids is 1. The SMILES string of the molecule is CCCCNS(=O)(=O)N/C(N)=N\C(=O)c1nc(Cl)c(NC(C)C)nc1N. The molecule has 0 bridgehead atoms. The molecular weight excluding hydrogens is 384 g/mol. The lowest BCUT2D eigenvalue weighted by molar-refractivity contribution is 0.0998. The number of nitrogens with two attached hydrogens (primary N) is 2. The van der Waals surface area contributed by atoms with Crippen LogP contribution in [0.3, 0.4) is 0 Å². The van der Waals surface area contributed by atoms with E-state index in [0.29, 0.717) is 6.42 Å². The number of aromatic nitrogens is 2. The monoisotopic (exact) mass is 406 g/mol. The van der Waals surface area contributed by atoms with E-state index in [0.717, 1.165) is 6.42 Å². The number of hydrogen-bond acceptors (Lipinski definition) is 7. The van der Waals surface area contributed by atoms with Gasteiger partial charge in [0.2, 0.25) is 5.96 Å². The Morgan fingerprint density at radius 2 is 2.00 bits per heavy atom. The summed E-state index contributed by atoms with van der Waals surface area (Å²) < 4.78 is 27.6. The highest BCUT2D eigenvalue weighted by atomic mass is 35.5. The summed E-state index contributed by atoms with van der Waals surface area (Å²) in [6, 6.07) is 0.0195. The van der Waals surface area contributed by atoms with Crippen molar-refractivity contribution >= 4 is 45.3 Å². The number of nitrogen functional groups attached to an aromatic ring is 1. The molecule has 11 nitrogen and oxygen atoms in total. The standard InChI is InChI=1S/C13H23ClN8O3S/c1-4-5-6-17-26(24,25)22-13(16)21-12(23)8-10(15)20-11(9(14)19-8)18-7(2)3/h7,17H,4-6H2,1-3H3,(H3,15,18,20)(H3,16,21,22,23). The number of unbranched alkanes of at least 4 members (excludes halogenated alkanes) is 1. The van der Waals surface area contributed by atoms with Crippen molar-refractivity contribution in [3.8, 4) is 0 Å². The summed E-state index contributed by atoms with van der Waals surface area (Å²) in [6.45, 7) is 5.86. The van der Waals surface area contributed by atoms with E-state index in [1.165, 1.54) is 0 Å². The predicted octanol–water partition coefficient (Wildman–Crippen LogP) is 0.212. The van der Waals surface area contributed by atoms with E-state index < -0.39 is 22.1 Å². The second kappa shape index (κ2) is 9.50. The van der Waals surface area contributed by atoms with Gasteiger partial charge < -0.3 is 16.8 Å². The Bertz CT molecular complexity index is 782. The van der Waals surface area contributed by atoms with Crippen molar-refractivity contribution in [2.75, 3.05) is 17.6 Å². The van der Waals surface area contributed by atoms with Gasteiger partial charge in [-0.1, -0.05) is 24.9 Å². The van der Waals surface area contributed by atoms with Crippen LogP contribution in [0, 0.1) is 0 Å². The molecule has 0 radical (unpaired) electrons. The van der Waals surface area contributed by atoms with Gasteiger partial charge in [-0.05, 0) is 20.3 Å². The number of nitrogens with one attached hydrogen (secondary N) is 3. The highest BCUT2D eigenvalue weighted by Gasteiger charge is 2.18. The number of hydrogen-bond donors (Lipinski definition) is 5. The first-order valence-corrected chi connectivity index (χ1v) is 9.67. The molecule has 0 aliphatic heterocycles. The summed E-state index contributed by atoms with van der Waals surface area (Å²) in [6.07, 6.45) is 1.46. The van der Waals surface area contributed by atoms with Gasteiger partial charge in [-0.15, -0.1) is 0 Å². The zero-order valence-corrected chi connectivity index (χ0v) is 16.3. The molecule has 0 unspecified atom stereocenters. The number of halogens is 1. The van der Waals surface area contributed by atoms with Gasteiger partial charge in [0.1, 0.15) is 0 Å². The molecule has 26 heavy (non-hydrogen) atoms. The molecule has 7 N–H and O–H groups in total. The minimum absolute atomic E-state index is 0.0195. The van der Waals surface area contributed by atoms with Gasteiger partial charge in [0.05, 0.1) is 0 Å². The molecule has 0 aliphatic rings. The van der Waals surface area contributed by atoms with Crippen LogP contribution in [0.4, 0.5) is 11.6 Å². The summed E-state index contributed by atoms with van der Waals surface area (Å²) in [5.74, 6) is -1.63. The van der Waals surface area contributed by atoms with Crippen molar-refractivity contribution in [1.29, 1.82) is 0 Å². The molecule has 13 heteroatoms. The van der Waals surface area contributed by atoms with E-state index in [9.17, 15) is 13.2 Å². The minimum Gasteiger partial charge on any atom is -0.382 e. The molecule has 0 aliphatic carbocycles. The van der Waals surface area contributed by atoms with Gasteiger partial charge in [-0.2, -0.15) is 18.1 Å². The van der Waals surface area contributed by atoms with Crippen LogP contribution in [0.25, 0.3) is 0 Å². The molecule has 1 amide bonds. The quantitative estimate of drug-likeness (QED) is 0.231. The molecule has 1 aromatic rings. The van der Waals surface area contributed by atoms with Gasteiger partial charge >= 0.3 is 16.1 Å². The molecule has 1 aromatic heterocycles. The van der Waals surface area contributed by atoms with Crippen molar-refractivity contribution in [2.45, 2.75) is 39.7 Å². The number of guanidine groups is 1. The zero-order chi connectivity index (χ0) is 19.9. The normalized spacial score (nSPS) is 12.3. The molecule has 1 rings (SSSR count). The van der Waals surface area contributed by atoms with Gasteiger partial charge in [-0.3, -0.25) is 4.79 Å². The summed E-state index contributed by atoms with van der Waals surface area (Å²) in [4.78, 5) is 23.3. The Kier molecular flexibility index (Phi) is 7.99. The van der Waals surface area contributed by atoms with Crippen LogP contribution >= 0.6 is 11.6 Å². The first-order valence-electron chi connectivity index (χ1n) is 7.81. The maximum Gasteiger partial charge on any atom is 0.302 e. The van der Waals surface area contributed by atoms with Crippen LogP contribution in [0.2, 0.25) is 5.15 Å². The smallest absolute Gasteiger partial charge is 0.302 e. The summed E-state index contributed by atoms with van der Waals surface area (Å²) in [5, 5.41) is 2.84. The number of carbonyl (C=O) groups is 1. The van der Waals surface area contributed by atoms with E-state index in [1.807, 2.05) is 25.5 Å². The first kappa shape index (κ1) is 21.9. The average Bonchev–Trinajstić information content (AvgIpc) is 2.49. The van der Waals surface area contributed by atoms with Gasteiger partial charge in [0.15, 0.2) is 22.5 Å². The Morgan fingerprint density at radius 3 is 2.58 bits per heavy atom. The summed E-state index contributed by atoms with van der Waals surface area (Å²) >= 11 is 5.96. The fourth-order valence-corrected chi connectivity index (χ4v) is 2.68. The highest BCUT2D eigenvalue weighted by molar-refractivity contribution is 7.88. The van der Waals surface area contributed by atoms with E-state index >= 15 is 0 Å². The average molecular weight is 407 g/mol. The topological polar surface area (TPSA) is 177 Å². The van der Waals surface area contributed by atoms with E-state index in [4.69, 9.17) is 23.1 Å². The van der Waals surface area contributed by atoms with E-state index in [1.54, 1.807) is 0 Å². The van der Waals surface area contributed by atoms with Crippen molar-refractivity contribution in [3.63, 3.8) is 0 Å². The lowest BCUT2D eigenvalue weighted by Crippen LogP contribution is -2.44. The second-order valence-electron chi connectivity index (χ2n) is 5.55. The molecule has 0 spiro atoms. The van der Waals surface area contributed by atoms with Crippen molar-refractivity contribution in [3.05, 3.63) is 10.8 Å². The van der Waals surface area contributed by atoms with Crippen molar-refractivity contribution in [2.24, 2.45) is 10.7 Å². The first-order chi connectivity index (χ1) is 12.1. The van der Waals surface area contributed by atoms with E-state index in [2.05, 4.69) is 25.0 Å². The number of amides is 1. The molecule has 0 saturated carbocycles. The lowest BCUT2D eigenvalue weighted by atomic mass is 10.3. The van der Waals surface area contributed by atoms with Crippen LogP contribution < -0.4 is 26.2 Å². The maximum absolute atomic E-state index is 12.1. The van der Waals surface area contributed by atoms with Crippen LogP contribution in [0.1, 0.15) is 44.1 Å². The largest absolute Gasteiger partial charge is 0.382 e. The van der Waals surface area contributed by atoms with E-state index in [-0.39, 0.29) is 35.1 Å². The number of aliphatic imine (C=N–C) groups is 1. The molecule has 0 aromatic carbocycles. The number of rotatable bonds is 8. The lowest BCUT2D eigenvalue weighted by Gasteiger charge is -2.12. The molecule has 0 fully saturated rings. The highest BCUT2D eigenvalue weighted by Crippen LogP contribution is 2.21. The molecule has 0 saturated heterocycles. The Balaban J connectivity index is 2.92. The van der Waals surface area contributed by atoms with Gasteiger partial charge in [-0.25, -0.2) is 14.7 Å². The fraction of sp³-hybridized carbons (Fsp3) is 0.538. The Hall–Kier alpha value is -2.18. The Labute approximate surface area is 157 Å². The summed E-state index contributed by atoms with van der Waals surface area (Å²) in [5.41, 5.74) is 10.8. The van der Waals surface area contributed by atoms with Crippen LogP contribution in [0.5, 0.6) is 0 Å². The predicted molar refractivity (Wildman–Crippen MR) is 101 cm³/mol. The number of nitrogens with zero attached hydrogens (tertiary/aromatic N) is 3. The second-order valence-corrected chi connectivity index (χ2v) is 7.41.